The summed E-state index contributed by atoms with van der Waals surface area (Å²) in [5, 5.41) is 1.41. The van der Waals surface area contributed by atoms with Gasteiger partial charge in [-0.3, -0.25) is 4.79 Å². The summed E-state index contributed by atoms with van der Waals surface area (Å²) in [5.41, 5.74) is 0.706. The van der Waals surface area contributed by atoms with E-state index in [1.165, 1.54) is 0 Å². The molecule has 0 unspecified atom stereocenters. The van der Waals surface area contributed by atoms with Gasteiger partial charge in [0.25, 0.3) is 0 Å². The number of fused-ring (bicyclic) bond motifs is 2. The fourth-order valence-electron chi connectivity index (χ4n) is 1.97. The van der Waals surface area contributed by atoms with Crippen LogP contribution < -0.4 is 5.43 Å². The van der Waals surface area contributed by atoms with Crippen LogP contribution in [0.3, 0.4) is 0 Å². The fraction of sp³-hybridized carbons (Fsp3) is 0. The molecule has 1 nitrogen and oxygen atoms in total. The number of terminal acetylenes is 1. The highest BCUT2D eigenvalue weighted by molar-refractivity contribution is 7.24. The molecule has 0 fully saturated rings. The van der Waals surface area contributed by atoms with Crippen LogP contribution in [0.5, 0.6) is 0 Å². The van der Waals surface area contributed by atoms with Gasteiger partial charge in [-0.25, -0.2) is 0 Å². The third-order valence-electron chi connectivity index (χ3n) is 2.76. The predicted molar refractivity (Wildman–Crippen MR) is 73.5 cm³/mol. The molecule has 80 valence electrons. The second-order valence-electron chi connectivity index (χ2n) is 3.75. The molecular weight excluding hydrogens is 228 g/mol. The molecule has 2 heteroatoms. The minimum atomic E-state index is 0.0305. The zero-order valence-electron chi connectivity index (χ0n) is 8.94. The van der Waals surface area contributed by atoms with Crippen LogP contribution in [-0.2, 0) is 0 Å². The monoisotopic (exact) mass is 236 g/mol. The second-order valence-corrected chi connectivity index (χ2v) is 4.83. The lowest BCUT2D eigenvalue weighted by atomic mass is 10.1. The molecule has 0 amide bonds. The van der Waals surface area contributed by atoms with Gasteiger partial charge in [0.1, 0.15) is 0 Å². The zero-order valence-corrected chi connectivity index (χ0v) is 9.75. The van der Waals surface area contributed by atoms with Gasteiger partial charge < -0.3 is 0 Å². The Kier molecular flexibility index (Phi) is 2.21. The molecule has 3 rings (SSSR count). The second kappa shape index (κ2) is 3.73. The number of rotatable bonds is 0. The summed E-state index contributed by atoms with van der Waals surface area (Å²) in [6, 6.07) is 13.3. The Hall–Kier alpha value is -2.11. The summed E-state index contributed by atoms with van der Waals surface area (Å²) in [6.07, 6.45) is 5.44. The van der Waals surface area contributed by atoms with Crippen LogP contribution in [0, 0.1) is 12.3 Å². The van der Waals surface area contributed by atoms with Gasteiger partial charge in [-0.1, -0.05) is 24.1 Å². The summed E-state index contributed by atoms with van der Waals surface area (Å²) in [7, 11) is 0. The molecule has 0 aliphatic rings. The van der Waals surface area contributed by atoms with E-state index in [9.17, 15) is 4.79 Å². The van der Waals surface area contributed by atoms with E-state index in [0.29, 0.717) is 10.9 Å². The van der Waals surface area contributed by atoms with Gasteiger partial charge in [-0.05, 0) is 24.3 Å². The molecule has 3 aromatic rings. The fourth-order valence-corrected chi connectivity index (χ4v) is 3.07. The average molecular weight is 236 g/mol. The zero-order chi connectivity index (χ0) is 11.8. The van der Waals surface area contributed by atoms with Crippen LogP contribution in [0.4, 0.5) is 0 Å². The molecule has 2 aromatic carbocycles. The van der Waals surface area contributed by atoms with Gasteiger partial charge in [-0.2, -0.15) is 0 Å². The van der Waals surface area contributed by atoms with Crippen LogP contribution in [0.15, 0.2) is 47.3 Å². The Balaban J connectivity index is 2.67. The van der Waals surface area contributed by atoms with Crippen LogP contribution in [0.1, 0.15) is 5.56 Å². The first kappa shape index (κ1) is 10.1. The highest BCUT2D eigenvalue weighted by Gasteiger charge is 2.07. The Morgan fingerprint density at radius 1 is 1.00 bits per heavy atom. The quantitative estimate of drug-likeness (QED) is 0.432. The van der Waals surface area contributed by atoms with Crippen LogP contribution in [0.25, 0.3) is 20.2 Å². The van der Waals surface area contributed by atoms with Crippen LogP contribution >= 0.6 is 11.3 Å². The van der Waals surface area contributed by atoms with Crippen molar-refractivity contribution in [3.05, 3.63) is 58.3 Å². The van der Waals surface area contributed by atoms with E-state index < -0.39 is 0 Å². The Morgan fingerprint density at radius 2 is 1.76 bits per heavy atom. The van der Waals surface area contributed by atoms with Gasteiger partial charge in [-0.15, -0.1) is 17.8 Å². The van der Waals surface area contributed by atoms with Gasteiger partial charge in [0, 0.05) is 20.3 Å². The summed E-state index contributed by atoms with van der Waals surface area (Å²) < 4.78 is 1.95. The lowest BCUT2D eigenvalue weighted by molar-refractivity contribution is 1.71. The Labute approximate surface area is 102 Å². The van der Waals surface area contributed by atoms with E-state index in [1.54, 1.807) is 11.3 Å². The number of hydrogen-bond donors (Lipinski definition) is 0. The first-order chi connectivity index (χ1) is 8.31. The van der Waals surface area contributed by atoms with Crippen molar-refractivity contribution >= 4 is 31.5 Å². The molecule has 0 saturated carbocycles. The molecule has 0 N–H and O–H groups in total. The SMILES string of the molecule is C#Cc1cccc2sc3ccccc3c(=O)c12. The molecule has 0 bridgehead atoms. The standard InChI is InChI=1S/C15H8OS/c1-2-10-6-5-9-13-14(10)15(16)11-7-3-4-8-12(11)17-13/h1,3-9H. The van der Waals surface area contributed by atoms with E-state index in [1.807, 2.05) is 42.5 Å². The Morgan fingerprint density at radius 3 is 2.59 bits per heavy atom. The van der Waals surface area contributed by atoms with Crippen molar-refractivity contribution in [3.63, 3.8) is 0 Å². The van der Waals surface area contributed by atoms with Gasteiger partial charge >= 0.3 is 0 Å². The van der Waals surface area contributed by atoms with E-state index >= 15 is 0 Å². The first-order valence-electron chi connectivity index (χ1n) is 5.22. The molecule has 0 saturated heterocycles. The van der Waals surface area contributed by atoms with Crippen molar-refractivity contribution in [2.75, 3.05) is 0 Å². The van der Waals surface area contributed by atoms with Gasteiger partial charge in [0.2, 0.25) is 0 Å². The van der Waals surface area contributed by atoms with Crippen molar-refractivity contribution < 1.29 is 0 Å². The van der Waals surface area contributed by atoms with Gasteiger partial charge in [0.15, 0.2) is 5.43 Å². The van der Waals surface area contributed by atoms with Crippen molar-refractivity contribution in [1.29, 1.82) is 0 Å². The first-order valence-corrected chi connectivity index (χ1v) is 6.04. The maximum atomic E-state index is 12.4. The third-order valence-corrected chi connectivity index (χ3v) is 3.90. The van der Waals surface area contributed by atoms with Crippen molar-refractivity contribution in [2.24, 2.45) is 0 Å². The van der Waals surface area contributed by atoms with E-state index in [-0.39, 0.29) is 5.43 Å². The maximum absolute atomic E-state index is 12.4. The molecule has 1 heterocycles. The topological polar surface area (TPSA) is 17.1 Å². The molecule has 0 radical (unpaired) electrons. The van der Waals surface area contributed by atoms with Crippen LogP contribution in [0.2, 0.25) is 0 Å². The highest BCUT2D eigenvalue weighted by Crippen LogP contribution is 2.25. The minimum absolute atomic E-state index is 0.0305. The normalized spacial score (nSPS) is 10.5. The van der Waals surface area contributed by atoms with Crippen molar-refractivity contribution in [3.8, 4) is 12.3 Å². The Bertz CT molecular complexity index is 822. The maximum Gasteiger partial charge on any atom is 0.197 e. The largest absolute Gasteiger partial charge is 0.288 e. The van der Waals surface area contributed by atoms with E-state index in [0.717, 1.165) is 14.8 Å². The van der Waals surface area contributed by atoms with E-state index in [4.69, 9.17) is 6.42 Å². The lowest BCUT2D eigenvalue weighted by Crippen LogP contribution is -2.02. The van der Waals surface area contributed by atoms with Crippen molar-refractivity contribution in [1.82, 2.24) is 0 Å². The summed E-state index contributed by atoms with van der Waals surface area (Å²) in [4.78, 5) is 12.4. The van der Waals surface area contributed by atoms with Crippen molar-refractivity contribution in [2.45, 2.75) is 0 Å². The third kappa shape index (κ3) is 1.44. The number of benzene rings is 2. The summed E-state index contributed by atoms with van der Waals surface area (Å²) in [5.74, 6) is 2.58. The molecular formula is C15H8OS. The summed E-state index contributed by atoms with van der Waals surface area (Å²) >= 11 is 1.60. The molecule has 0 spiro atoms. The molecule has 0 aliphatic carbocycles. The number of hydrogen-bond acceptors (Lipinski definition) is 2. The lowest BCUT2D eigenvalue weighted by Gasteiger charge is -2.02. The van der Waals surface area contributed by atoms with Gasteiger partial charge in [0.05, 0.1) is 5.39 Å². The highest BCUT2D eigenvalue weighted by atomic mass is 32.1. The molecule has 0 atom stereocenters. The van der Waals surface area contributed by atoms with Crippen LogP contribution in [-0.4, -0.2) is 0 Å². The average Bonchev–Trinajstić information content (AvgIpc) is 2.38. The van der Waals surface area contributed by atoms with E-state index in [2.05, 4.69) is 5.92 Å². The molecule has 17 heavy (non-hydrogen) atoms. The predicted octanol–water partition coefficient (Wildman–Crippen LogP) is 3.40. The minimum Gasteiger partial charge on any atom is -0.288 e. The summed E-state index contributed by atoms with van der Waals surface area (Å²) in [6.45, 7) is 0. The molecule has 0 aliphatic heterocycles. The molecule has 1 aromatic heterocycles. The smallest absolute Gasteiger partial charge is 0.197 e.